The van der Waals surface area contributed by atoms with Crippen LogP contribution in [0.5, 0.6) is 5.75 Å². The average molecular weight is 356 g/mol. The van der Waals surface area contributed by atoms with Crippen molar-refractivity contribution in [3.8, 4) is 5.75 Å². The summed E-state index contributed by atoms with van der Waals surface area (Å²) in [6, 6.07) is 6.92. The third-order valence-corrected chi connectivity index (χ3v) is 4.28. The van der Waals surface area contributed by atoms with Crippen molar-refractivity contribution in [2.45, 2.75) is 38.3 Å². The number of carbonyl (C=O) groups excluding carboxylic acids is 1. The van der Waals surface area contributed by atoms with Gasteiger partial charge in [0.25, 0.3) is 5.91 Å². The molecule has 1 aliphatic rings. The van der Waals surface area contributed by atoms with Gasteiger partial charge in [0.2, 0.25) is 0 Å². The van der Waals surface area contributed by atoms with Crippen molar-refractivity contribution >= 4 is 23.5 Å². The lowest BCUT2D eigenvalue weighted by Crippen LogP contribution is -2.49. The van der Waals surface area contributed by atoms with E-state index in [-0.39, 0.29) is 24.9 Å². The molecule has 1 fully saturated rings. The molecule has 6 nitrogen and oxygen atoms in total. The molecule has 1 unspecified atom stereocenters. The lowest BCUT2D eigenvalue weighted by Gasteiger charge is -2.35. The molecule has 7 heteroatoms. The van der Waals surface area contributed by atoms with Crippen LogP contribution in [0.2, 0.25) is 5.02 Å². The first kappa shape index (κ1) is 18.5. The number of hydrogen-bond acceptors (Lipinski definition) is 4. The van der Waals surface area contributed by atoms with Gasteiger partial charge >= 0.3 is 5.97 Å². The van der Waals surface area contributed by atoms with Crippen LogP contribution < -0.4 is 4.74 Å². The number of amides is 1. The van der Waals surface area contributed by atoms with Crippen LogP contribution in [0.15, 0.2) is 24.3 Å². The topological polar surface area (TPSA) is 76.1 Å². The number of carboxylic acid groups (broad SMARTS) is 1. The maximum atomic E-state index is 12.8. The summed E-state index contributed by atoms with van der Waals surface area (Å²) >= 11 is 6.06. The molecule has 2 rings (SSSR count). The molecule has 132 valence electrons. The molecular formula is C17H22ClNO5. The van der Waals surface area contributed by atoms with Gasteiger partial charge in [-0.05, 0) is 31.9 Å². The van der Waals surface area contributed by atoms with Crippen molar-refractivity contribution in [3.63, 3.8) is 0 Å². The van der Waals surface area contributed by atoms with Gasteiger partial charge in [0.05, 0.1) is 11.4 Å². The van der Waals surface area contributed by atoms with Gasteiger partial charge in [0.1, 0.15) is 5.75 Å². The lowest BCUT2D eigenvalue weighted by molar-refractivity contribution is -0.144. The monoisotopic (exact) mass is 355 g/mol. The third kappa shape index (κ3) is 5.11. The summed E-state index contributed by atoms with van der Waals surface area (Å²) in [4.78, 5) is 25.3. The number of para-hydroxylation sites is 1. The molecular weight excluding hydrogens is 334 g/mol. The van der Waals surface area contributed by atoms with E-state index in [0.29, 0.717) is 36.8 Å². The predicted octanol–water partition coefficient (Wildman–Crippen LogP) is 2.59. The van der Waals surface area contributed by atoms with E-state index in [0.717, 1.165) is 0 Å². The number of halogens is 1. The molecule has 24 heavy (non-hydrogen) atoms. The number of carboxylic acids is 1. The first-order valence-electron chi connectivity index (χ1n) is 8.00. The fourth-order valence-electron chi connectivity index (χ4n) is 2.70. The minimum atomic E-state index is -0.931. The van der Waals surface area contributed by atoms with Crippen molar-refractivity contribution in [2.24, 2.45) is 0 Å². The second-order valence-electron chi connectivity index (χ2n) is 5.71. The van der Waals surface area contributed by atoms with Crippen LogP contribution in [0.25, 0.3) is 0 Å². The Kier molecular flexibility index (Phi) is 6.87. The Morgan fingerprint density at radius 2 is 2.04 bits per heavy atom. The van der Waals surface area contributed by atoms with Crippen LogP contribution in [-0.4, -0.2) is 53.8 Å². The Bertz CT molecular complexity index is 574. The number of rotatable bonds is 7. The van der Waals surface area contributed by atoms with E-state index >= 15 is 0 Å². The zero-order valence-electron chi connectivity index (χ0n) is 13.6. The maximum absolute atomic E-state index is 12.8. The molecule has 1 N–H and O–H groups in total. The van der Waals surface area contributed by atoms with Gasteiger partial charge in [-0.25, -0.2) is 0 Å². The fourth-order valence-corrected chi connectivity index (χ4v) is 2.88. The van der Waals surface area contributed by atoms with Gasteiger partial charge in [-0.3, -0.25) is 9.59 Å². The van der Waals surface area contributed by atoms with Crippen LogP contribution in [0.4, 0.5) is 0 Å². The van der Waals surface area contributed by atoms with Gasteiger partial charge in [0, 0.05) is 25.8 Å². The average Bonchev–Trinajstić information content (AvgIpc) is 2.57. The molecule has 1 atom stereocenters. The molecule has 0 bridgehead atoms. The number of aliphatic carboxylic acids is 1. The highest BCUT2D eigenvalue weighted by Gasteiger charge is 2.30. The summed E-state index contributed by atoms with van der Waals surface area (Å²) in [7, 11) is 0. The van der Waals surface area contributed by atoms with E-state index in [4.69, 9.17) is 26.2 Å². The van der Waals surface area contributed by atoms with E-state index in [9.17, 15) is 9.59 Å². The van der Waals surface area contributed by atoms with E-state index in [1.54, 1.807) is 36.1 Å². The standard InChI is InChI=1S/C17H22ClNO5/c1-12(24-15-5-3-2-4-14(15)18)17(22)19(9-6-16(20)21)13-7-10-23-11-8-13/h2-5,12-13H,6-11H2,1H3,(H,20,21). The van der Waals surface area contributed by atoms with E-state index < -0.39 is 12.1 Å². The molecule has 1 saturated heterocycles. The summed E-state index contributed by atoms with van der Waals surface area (Å²) in [6.07, 6.45) is 0.553. The molecule has 0 aromatic heterocycles. The highest BCUT2D eigenvalue weighted by atomic mass is 35.5. The summed E-state index contributed by atoms with van der Waals surface area (Å²) in [6.45, 7) is 2.95. The quantitative estimate of drug-likeness (QED) is 0.813. The molecule has 1 heterocycles. The smallest absolute Gasteiger partial charge is 0.305 e. The molecule has 0 radical (unpaired) electrons. The highest BCUT2D eigenvalue weighted by Crippen LogP contribution is 2.25. The number of carbonyl (C=O) groups is 2. The van der Waals surface area contributed by atoms with Crippen LogP contribution >= 0.6 is 11.6 Å². The van der Waals surface area contributed by atoms with Gasteiger partial charge in [0.15, 0.2) is 6.10 Å². The summed E-state index contributed by atoms with van der Waals surface area (Å²) in [5, 5.41) is 9.37. The van der Waals surface area contributed by atoms with Crippen molar-refractivity contribution in [1.82, 2.24) is 4.90 Å². The number of benzene rings is 1. The third-order valence-electron chi connectivity index (χ3n) is 3.97. The Balaban J connectivity index is 2.07. The molecule has 0 saturated carbocycles. The summed E-state index contributed by atoms with van der Waals surface area (Å²) in [5.41, 5.74) is 0. The molecule has 1 aromatic rings. The SMILES string of the molecule is CC(Oc1ccccc1Cl)C(=O)N(CCC(=O)O)C1CCOCC1. The summed E-state index contributed by atoms with van der Waals surface area (Å²) in [5.74, 6) is -0.729. The van der Waals surface area contributed by atoms with Gasteiger partial charge < -0.3 is 19.5 Å². The maximum Gasteiger partial charge on any atom is 0.305 e. The molecule has 1 amide bonds. The Morgan fingerprint density at radius 3 is 2.67 bits per heavy atom. The minimum Gasteiger partial charge on any atom is -0.481 e. The first-order chi connectivity index (χ1) is 11.5. The van der Waals surface area contributed by atoms with Crippen LogP contribution in [0.1, 0.15) is 26.2 Å². The van der Waals surface area contributed by atoms with Crippen LogP contribution in [-0.2, 0) is 14.3 Å². The molecule has 1 aliphatic heterocycles. The Labute approximate surface area is 146 Å². The summed E-state index contributed by atoms with van der Waals surface area (Å²) < 4.78 is 11.0. The zero-order chi connectivity index (χ0) is 17.5. The molecule has 0 aliphatic carbocycles. The van der Waals surface area contributed by atoms with E-state index in [1.807, 2.05) is 0 Å². The van der Waals surface area contributed by atoms with Gasteiger partial charge in [-0.2, -0.15) is 0 Å². The van der Waals surface area contributed by atoms with Gasteiger partial charge in [-0.1, -0.05) is 23.7 Å². The lowest BCUT2D eigenvalue weighted by atomic mass is 10.1. The zero-order valence-corrected chi connectivity index (χ0v) is 14.4. The molecule has 1 aromatic carbocycles. The van der Waals surface area contributed by atoms with Crippen molar-refractivity contribution in [3.05, 3.63) is 29.3 Å². The number of ether oxygens (including phenoxy) is 2. The van der Waals surface area contributed by atoms with Gasteiger partial charge in [-0.15, -0.1) is 0 Å². The Hall–Kier alpha value is -1.79. The number of nitrogens with zero attached hydrogens (tertiary/aromatic N) is 1. The van der Waals surface area contributed by atoms with Crippen LogP contribution in [0.3, 0.4) is 0 Å². The normalized spacial score (nSPS) is 16.4. The fraction of sp³-hybridized carbons (Fsp3) is 0.529. The molecule has 0 spiro atoms. The minimum absolute atomic E-state index is 0.0251. The second-order valence-corrected chi connectivity index (χ2v) is 6.12. The van der Waals surface area contributed by atoms with E-state index in [1.165, 1.54) is 0 Å². The van der Waals surface area contributed by atoms with Crippen molar-refractivity contribution < 1.29 is 24.2 Å². The largest absolute Gasteiger partial charge is 0.481 e. The second kappa shape index (κ2) is 8.89. The van der Waals surface area contributed by atoms with Crippen molar-refractivity contribution in [2.75, 3.05) is 19.8 Å². The first-order valence-corrected chi connectivity index (χ1v) is 8.38. The Morgan fingerprint density at radius 1 is 1.38 bits per heavy atom. The van der Waals surface area contributed by atoms with Crippen LogP contribution in [0, 0.1) is 0 Å². The predicted molar refractivity (Wildman–Crippen MR) is 89.3 cm³/mol. The highest BCUT2D eigenvalue weighted by molar-refractivity contribution is 6.32. The van der Waals surface area contributed by atoms with E-state index in [2.05, 4.69) is 0 Å². The van der Waals surface area contributed by atoms with Crippen molar-refractivity contribution in [1.29, 1.82) is 0 Å². The number of hydrogen-bond donors (Lipinski definition) is 1.